The number of ketones is 1. The lowest BCUT2D eigenvalue weighted by atomic mass is 9.99. The van der Waals surface area contributed by atoms with Crippen molar-refractivity contribution in [1.82, 2.24) is 9.61 Å². The number of carbonyl (C=O) groups excluding carboxylic acids is 3. The second kappa shape index (κ2) is 10.3. The Morgan fingerprint density at radius 1 is 1.05 bits per heavy atom. The number of aromatic nitrogens is 2. The Morgan fingerprint density at radius 3 is 2.53 bits per heavy atom. The second-order valence-electron chi connectivity index (χ2n) is 8.60. The molecule has 10 nitrogen and oxygen atoms in total. The number of nitrogens with two attached hydrogens (primary N) is 1. The molecule has 4 aromatic rings. The van der Waals surface area contributed by atoms with Crippen molar-refractivity contribution in [1.29, 1.82) is 0 Å². The van der Waals surface area contributed by atoms with Gasteiger partial charge in [-0.05, 0) is 35.7 Å². The minimum atomic E-state index is -1.10. The summed E-state index contributed by atoms with van der Waals surface area (Å²) < 4.78 is 23.2. The standard InChI is InChI=1S/C28H25N3O7/c1-3-18-20(11-16-7-5-4-6-8-16)31-26(25(18)27(33)28(29)34)23(36-14-24(32)35-2)13-19(30-31)17-9-10-21-22(12-17)38-15-37-21/h4-10,12-13H,3,11,14-15H2,1-2H3,(H2,29,34). The maximum atomic E-state index is 13.1. The Bertz CT molecular complexity index is 1560. The normalized spacial score (nSPS) is 11.9. The summed E-state index contributed by atoms with van der Waals surface area (Å²) >= 11 is 0. The van der Waals surface area contributed by atoms with Gasteiger partial charge in [-0.3, -0.25) is 9.59 Å². The Kier molecular flexibility index (Phi) is 6.69. The molecule has 194 valence electrons. The molecule has 5 rings (SSSR count). The summed E-state index contributed by atoms with van der Waals surface area (Å²) in [6.45, 7) is 1.59. The van der Waals surface area contributed by atoms with Crippen molar-refractivity contribution in [3.8, 4) is 28.5 Å². The van der Waals surface area contributed by atoms with E-state index in [0.717, 1.165) is 5.56 Å². The van der Waals surface area contributed by atoms with Crippen LogP contribution in [0.2, 0.25) is 0 Å². The summed E-state index contributed by atoms with van der Waals surface area (Å²) in [5.74, 6) is -1.21. The Hall–Kier alpha value is -4.86. The van der Waals surface area contributed by atoms with E-state index < -0.39 is 24.3 Å². The van der Waals surface area contributed by atoms with Gasteiger partial charge in [0.2, 0.25) is 6.79 Å². The quantitative estimate of drug-likeness (QED) is 0.204. The molecule has 1 amide bonds. The zero-order valence-electron chi connectivity index (χ0n) is 20.9. The lowest BCUT2D eigenvalue weighted by Crippen LogP contribution is -2.24. The van der Waals surface area contributed by atoms with Crippen LogP contribution in [-0.2, 0) is 27.2 Å². The van der Waals surface area contributed by atoms with Crippen molar-refractivity contribution in [2.75, 3.05) is 20.5 Å². The lowest BCUT2D eigenvalue weighted by Gasteiger charge is -2.12. The molecule has 0 saturated heterocycles. The first kappa shape index (κ1) is 24.8. The Morgan fingerprint density at radius 2 is 1.82 bits per heavy atom. The van der Waals surface area contributed by atoms with Crippen LogP contribution in [0, 0.1) is 0 Å². The summed E-state index contributed by atoms with van der Waals surface area (Å²) in [4.78, 5) is 37.2. The van der Waals surface area contributed by atoms with Gasteiger partial charge in [0.15, 0.2) is 18.1 Å². The largest absolute Gasteiger partial charge is 0.480 e. The maximum absolute atomic E-state index is 13.1. The number of benzene rings is 2. The summed E-state index contributed by atoms with van der Waals surface area (Å²) in [5.41, 5.74) is 9.29. The number of primary amides is 1. The zero-order chi connectivity index (χ0) is 26.8. The molecule has 0 saturated carbocycles. The van der Waals surface area contributed by atoms with Crippen LogP contribution in [0.25, 0.3) is 16.8 Å². The molecule has 0 spiro atoms. The molecular formula is C28H25N3O7. The number of carbonyl (C=O) groups is 3. The zero-order valence-corrected chi connectivity index (χ0v) is 20.9. The van der Waals surface area contributed by atoms with Crippen LogP contribution in [0.3, 0.4) is 0 Å². The fraction of sp³-hybridized carbons (Fsp3) is 0.214. The molecule has 3 heterocycles. The van der Waals surface area contributed by atoms with Crippen LogP contribution in [0.15, 0.2) is 54.6 Å². The van der Waals surface area contributed by atoms with Crippen LogP contribution in [0.1, 0.15) is 34.1 Å². The van der Waals surface area contributed by atoms with Gasteiger partial charge in [-0.15, -0.1) is 0 Å². The molecule has 1 aliphatic rings. The van der Waals surface area contributed by atoms with E-state index >= 15 is 0 Å². The fourth-order valence-corrected chi connectivity index (χ4v) is 4.54. The molecule has 0 radical (unpaired) electrons. The molecule has 2 aromatic heterocycles. The van der Waals surface area contributed by atoms with Gasteiger partial charge in [-0.1, -0.05) is 37.3 Å². The van der Waals surface area contributed by atoms with E-state index in [9.17, 15) is 14.4 Å². The van der Waals surface area contributed by atoms with Gasteiger partial charge in [0.05, 0.1) is 24.1 Å². The van der Waals surface area contributed by atoms with Crippen molar-refractivity contribution in [3.05, 3.63) is 77.0 Å². The van der Waals surface area contributed by atoms with Gasteiger partial charge >= 0.3 is 5.97 Å². The van der Waals surface area contributed by atoms with Crippen LogP contribution in [-0.4, -0.2) is 47.8 Å². The van der Waals surface area contributed by atoms with Gasteiger partial charge < -0.3 is 24.7 Å². The Labute approximate surface area is 217 Å². The van der Waals surface area contributed by atoms with Gasteiger partial charge in [0.1, 0.15) is 11.3 Å². The highest BCUT2D eigenvalue weighted by Gasteiger charge is 2.30. The predicted octanol–water partition coefficient (Wildman–Crippen LogP) is 3.10. The van der Waals surface area contributed by atoms with Crippen LogP contribution < -0.4 is 19.9 Å². The molecule has 2 aromatic carbocycles. The van der Waals surface area contributed by atoms with Crippen LogP contribution in [0.5, 0.6) is 17.2 Å². The smallest absolute Gasteiger partial charge is 0.343 e. The molecule has 0 atom stereocenters. The number of hydrogen-bond donors (Lipinski definition) is 1. The summed E-state index contributed by atoms with van der Waals surface area (Å²) in [6, 6.07) is 16.7. The first-order valence-electron chi connectivity index (χ1n) is 12.0. The third kappa shape index (κ3) is 4.52. The minimum absolute atomic E-state index is 0.107. The lowest BCUT2D eigenvalue weighted by molar-refractivity contribution is -0.142. The third-order valence-corrected chi connectivity index (χ3v) is 6.32. The SMILES string of the molecule is CCc1c(C(=O)C(N)=O)c2c(OCC(=O)OC)cc(-c3ccc4c(c3)OCO4)nn2c1Cc1ccccc1. The topological polar surface area (TPSA) is 131 Å². The number of Topliss-reactive ketones (excluding diaryl/α,β-unsaturated/α-hetero) is 1. The molecule has 1 aliphatic heterocycles. The van der Waals surface area contributed by atoms with E-state index in [2.05, 4.69) is 0 Å². The number of esters is 1. The number of fused-ring (bicyclic) bond motifs is 2. The number of rotatable bonds is 9. The van der Waals surface area contributed by atoms with E-state index in [4.69, 9.17) is 29.8 Å². The van der Waals surface area contributed by atoms with E-state index in [1.54, 1.807) is 22.7 Å². The van der Waals surface area contributed by atoms with Gasteiger partial charge in [-0.25, -0.2) is 9.31 Å². The van der Waals surface area contributed by atoms with Crippen molar-refractivity contribution in [2.45, 2.75) is 19.8 Å². The van der Waals surface area contributed by atoms with Crippen molar-refractivity contribution in [3.63, 3.8) is 0 Å². The molecule has 0 fully saturated rings. The van der Waals surface area contributed by atoms with E-state index in [1.165, 1.54) is 7.11 Å². The minimum Gasteiger partial charge on any atom is -0.480 e. The highest BCUT2D eigenvalue weighted by molar-refractivity contribution is 6.44. The van der Waals surface area contributed by atoms with Gasteiger partial charge in [0, 0.05) is 18.1 Å². The first-order chi connectivity index (χ1) is 18.4. The molecule has 2 N–H and O–H groups in total. The Balaban J connectivity index is 1.79. The number of ether oxygens (including phenoxy) is 4. The summed E-state index contributed by atoms with van der Waals surface area (Å²) in [7, 11) is 1.25. The molecule has 0 unspecified atom stereocenters. The van der Waals surface area contributed by atoms with Crippen LogP contribution >= 0.6 is 0 Å². The highest BCUT2D eigenvalue weighted by atomic mass is 16.7. The highest BCUT2D eigenvalue weighted by Crippen LogP contribution is 2.38. The average molecular weight is 516 g/mol. The number of amides is 1. The van der Waals surface area contributed by atoms with Crippen molar-refractivity contribution < 1.29 is 33.3 Å². The molecule has 0 aliphatic carbocycles. The van der Waals surface area contributed by atoms with E-state index in [0.29, 0.717) is 46.9 Å². The maximum Gasteiger partial charge on any atom is 0.343 e. The predicted molar refractivity (Wildman–Crippen MR) is 136 cm³/mol. The second-order valence-corrected chi connectivity index (χ2v) is 8.60. The van der Waals surface area contributed by atoms with Crippen LogP contribution in [0.4, 0.5) is 0 Å². The van der Waals surface area contributed by atoms with E-state index in [1.807, 2.05) is 43.3 Å². The molecule has 0 bridgehead atoms. The molecule has 10 heteroatoms. The fourth-order valence-electron chi connectivity index (χ4n) is 4.54. The first-order valence-corrected chi connectivity index (χ1v) is 12.0. The van der Waals surface area contributed by atoms with E-state index in [-0.39, 0.29) is 23.6 Å². The van der Waals surface area contributed by atoms with Gasteiger partial charge in [-0.2, -0.15) is 5.10 Å². The molecule has 38 heavy (non-hydrogen) atoms. The molecular weight excluding hydrogens is 490 g/mol. The summed E-state index contributed by atoms with van der Waals surface area (Å²) in [6.07, 6.45) is 0.848. The number of nitrogens with zero attached hydrogens (tertiary/aromatic N) is 2. The monoisotopic (exact) mass is 515 g/mol. The third-order valence-electron chi connectivity index (χ3n) is 6.32. The number of methoxy groups -OCH3 is 1. The van der Waals surface area contributed by atoms with Crippen molar-refractivity contribution in [2.24, 2.45) is 5.73 Å². The average Bonchev–Trinajstić information content (AvgIpc) is 3.53. The number of hydrogen-bond acceptors (Lipinski definition) is 8. The summed E-state index contributed by atoms with van der Waals surface area (Å²) in [5, 5.41) is 4.87. The van der Waals surface area contributed by atoms with Gasteiger partial charge in [0.25, 0.3) is 11.7 Å². The van der Waals surface area contributed by atoms with Crippen molar-refractivity contribution >= 4 is 23.2 Å².